The van der Waals surface area contributed by atoms with Gasteiger partial charge in [0.2, 0.25) is 0 Å². The van der Waals surface area contributed by atoms with Gasteiger partial charge in [0.25, 0.3) is 0 Å². The van der Waals surface area contributed by atoms with Crippen molar-refractivity contribution in [3.8, 4) is 33.4 Å². The third-order valence-electron chi connectivity index (χ3n) is 7.94. The van der Waals surface area contributed by atoms with Crippen molar-refractivity contribution in [2.75, 3.05) is 0 Å². The lowest BCUT2D eigenvalue weighted by molar-refractivity contribution is 1.44. The Morgan fingerprint density at radius 2 is 0.700 bits per heavy atom. The van der Waals surface area contributed by atoms with Crippen LogP contribution in [-0.2, 0) is 10.7 Å². The molecule has 0 radical (unpaired) electrons. The molecule has 192 valence electrons. The van der Waals surface area contributed by atoms with Crippen LogP contribution in [0, 0.1) is 0 Å². The summed E-state index contributed by atoms with van der Waals surface area (Å²) in [5.41, 5.74) is 10.2. The Bertz CT molecular complexity index is 1950. The van der Waals surface area contributed by atoms with Gasteiger partial charge in [-0.1, -0.05) is 165 Å². The van der Waals surface area contributed by atoms with Crippen molar-refractivity contribution in [1.82, 2.24) is 0 Å². The predicted octanol–water partition coefficient (Wildman–Crippen LogP) is 11.9. The van der Waals surface area contributed by atoms with E-state index < -0.39 is 0 Å². The van der Waals surface area contributed by atoms with Gasteiger partial charge in [-0.15, -0.1) is 0 Å². The quantitative estimate of drug-likeness (QED) is 0.130. The summed E-state index contributed by atoms with van der Waals surface area (Å²) in [5, 5.41) is 9.38. The van der Waals surface area contributed by atoms with E-state index in [0.29, 0.717) is 0 Å². The monoisotopic (exact) mass is 640 g/mol. The molecule has 40 heavy (non-hydrogen) atoms. The Hall–Kier alpha value is -3.72. The number of fused-ring (bicyclic) bond motifs is 3. The fourth-order valence-electron chi connectivity index (χ4n) is 6.03. The van der Waals surface area contributed by atoms with E-state index in [1.54, 1.807) is 0 Å². The molecule has 0 N–H and O–H groups in total. The van der Waals surface area contributed by atoms with E-state index in [1.165, 1.54) is 76.8 Å². The molecular weight excluding hydrogens is 616 g/mol. The Kier molecular flexibility index (Phi) is 6.75. The highest BCUT2D eigenvalue weighted by molar-refractivity contribution is 9.08. The molecule has 0 heterocycles. The highest BCUT2D eigenvalue weighted by atomic mass is 79.9. The average molecular weight is 642 g/mol. The molecule has 0 saturated heterocycles. The minimum Gasteiger partial charge on any atom is -0.0876 e. The number of halogens is 2. The summed E-state index contributed by atoms with van der Waals surface area (Å²) in [6, 6.07) is 49.1. The first-order chi connectivity index (χ1) is 19.8. The summed E-state index contributed by atoms with van der Waals surface area (Å²) in [6.45, 7) is 0. The van der Waals surface area contributed by atoms with Gasteiger partial charge in [-0.25, -0.2) is 0 Å². The van der Waals surface area contributed by atoms with E-state index in [-0.39, 0.29) is 0 Å². The zero-order valence-corrected chi connectivity index (χ0v) is 25.0. The molecule has 0 aliphatic carbocycles. The molecule has 0 nitrogen and oxygen atoms in total. The van der Waals surface area contributed by atoms with E-state index in [1.807, 2.05) is 0 Å². The van der Waals surface area contributed by atoms with E-state index in [0.717, 1.165) is 10.7 Å². The zero-order valence-electron chi connectivity index (χ0n) is 21.9. The van der Waals surface area contributed by atoms with Crippen LogP contribution in [0.2, 0.25) is 0 Å². The lowest BCUT2D eigenvalue weighted by Gasteiger charge is -2.19. The predicted molar refractivity (Wildman–Crippen MR) is 181 cm³/mol. The van der Waals surface area contributed by atoms with E-state index in [2.05, 4.69) is 165 Å². The molecule has 7 aromatic carbocycles. The molecule has 0 spiro atoms. The second-order valence-electron chi connectivity index (χ2n) is 10.2. The minimum absolute atomic E-state index is 0.859. The summed E-state index contributed by atoms with van der Waals surface area (Å²) in [7, 11) is 0. The van der Waals surface area contributed by atoms with Crippen molar-refractivity contribution in [3.63, 3.8) is 0 Å². The van der Waals surface area contributed by atoms with Crippen molar-refractivity contribution >= 4 is 64.2 Å². The van der Waals surface area contributed by atoms with Crippen LogP contribution in [0.5, 0.6) is 0 Å². The van der Waals surface area contributed by atoms with E-state index in [9.17, 15) is 0 Å². The number of rotatable bonds is 5. The first-order valence-electron chi connectivity index (χ1n) is 13.5. The van der Waals surface area contributed by atoms with Gasteiger partial charge < -0.3 is 0 Å². The molecule has 7 aromatic rings. The van der Waals surface area contributed by atoms with Gasteiger partial charge in [0.1, 0.15) is 0 Å². The Morgan fingerprint density at radius 1 is 0.325 bits per heavy atom. The topological polar surface area (TPSA) is 0 Å². The lowest BCUT2D eigenvalue weighted by Crippen LogP contribution is -1.92. The maximum atomic E-state index is 3.60. The molecular formula is C38H26Br2. The van der Waals surface area contributed by atoms with Crippen LogP contribution in [0.15, 0.2) is 133 Å². The molecule has 0 aromatic heterocycles. The molecule has 2 heteroatoms. The van der Waals surface area contributed by atoms with Gasteiger partial charge in [-0.05, 0) is 76.8 Å². The van der Waals surface area contributed by atoms with Gasteiger partial charge in [0, 0.05) is 10.7 Å². The van der Waals surface area contributed by atoms with Crippen LogP contribution >= 0.6 is 31.9 Å². The maximum Gasteiger partial charge on any atom is 0.0283 e. The molecule has 0 fully saturated rings. The normalized spacial score (nSPS) is 11.4. The fourth-order valence-corrected chi connectivity index (χ4v) is 6.78. The van der Waals surface area contributed by atoms with Crippen molar-refractivity contribution in [1.29, 1.82) is 0 Å². The Balaban J connectivity index is 1.54. The van der Waals surface area contributed by atoms with Crippen LogP contribution < -0.4 is 0 Å². The third kappa shape index (κ3) is 4.27. The first kappa shape index (κ1) is 25.3. The molecule has 0 bridgehead atoms. The van der Waals surface area contributed by atoms with Crippen LogP contribution in [-0.4, -0.2) is 0 Å². The molecule has 0 aliphatic rings. The Labute approximate surface area is 251 Å². The lowest BCUT2D eigenvalue weighted by atomic mass is 9.83. The molecule has 0 amide bonds. The van der Waals surface area contributed by atoms with Crippen molar-refractivity contribution in [2.45, 2.75) is 10.7 Å². The van der Waals surface area contributed by atoms with E-state index >= 15 is 0 Å². The molecule has 7 rings (SSSR count). The number of alkyl halides is 2. The van der Waals surface area contributed by atoms with Gasteiger partial charge in [-0.3, -0.25) is 0 Å². The first-order valence-corrected chi connectivity index (χ1v) is 15.8. The maximum absolute atomic E-state index is 3.60. The van der Waals surface area contributed by atoms with Crippen LogP contribution in [0.3, 0.4) is 0 Å². The molecule has 0 unspecified atom stereocenters. The second kappa shape index (κ2) is 10.7. The van der Waals surface area contributed by atoms with Crippen LogP contribution in [0.4, 0.5) is 0 Å². The van der Waals surface area contributed by atoms with Gasteiger partial charge in [-0.2, -0.15) is 0 Å². The fraction of sp³-hybridized carbons (Fsp3) is 0.0526. The number of hydrogen-bond acceptors (Lipinski definition) is 0. The highest BCUT2D eigenvalue weighted by Crippen LogP contribution is 2.46. The van der Waals surface area contributed by atoms with Gasteiger partial charge in [0.05, 0.1) is 0 Å². The summed E-state index contributed by atoms with van der Waals surface area (Å²) in [4.78, 5) is 0. The smallest absolute Gasteiger partial charge is 0.0283 e. The largest absolute Gasteiger partial charge is 0.0876 e. The molecule has 0 aliphatic heterocycles. The number of hydrogen-bond donors (Lipinski definition) is 0. The van der Waals surface area contributed by atoms with Gasteiger partial charge >= 0.3 is 0 Å². The second-order valence-corrected chi connectivity index (χ2v) is 11.3. The summed E-state index contributed by atoms with van der Waals surface area (Å²) in [6.07, 6.45) is 0. The summed E-state index contributed by atoms with van der Waals surface area (Å²) in [5.74, 6) is 0. The third-order valence-corrected chi connectivity index (χ3v) is 9.24. The van der Waals surface area contributed by atoms with Crippen molar-refractivity contribution in [2.24, 2.45) is 0 Å². The minimum atomic E-state index is 0.859. The van der Waals surface area contributed by atoms with Crippen LogP contribution in [0.1, 0.15) is 11.1 Å². The standard InChI is InChI=1S/C38H26Br2/c39-23-25-13-17-27(18-14-25)29-21-22-36(31-8-2-1-7-30(29)31)38-34-11-5-3-9-32(34)37(33-10-4-6-12-35(33)38)28-19-15-26(24-40)16-20-28/h1-22H,23-24H2. The zero-order chi connectivity index (χ0) is 27.1. The molecule has 0 saturated carbocycles. The van der Waals surface area contributed by atoms with Gasteiger partial charge in [0.15, 0.2) is 0 Å². The van der Waals surface area contributed by atoms with Crippen molar-refractivity contribution < 1.29 is 0 Å². The number of benzene rings is 7. The van der Waals surface area contributed by atoms with E-state index in [4.69, 9.17) is 0 Å². The highest BCUT2D eigenvalue weighted by Gasteiger charge is 2.18. The Morgan fingerprint density at radius 3 is 1.18 bits per heavy atom. The summed E-state index contributed by atoms with van der Waals surface area (Å²) < 4.78 is 0. The summed E-state index contributed by atoms with van der Waals surface area (Å²) >= 11 is 7.17. The van der Waals surface area contributed by atoms with Crippen molar-refractivity contribution in [3.05, 3.63) is 145 Å². The molecule has 0 atom stereocenters. The van der Waals surface area contributed by atoms with Crippen LogP contribution in [0.25, 0.3) is 65.7 Å². The average Bonchev–Trinajstić information content (AvgIpc) is 3.03. The SMILES string of the molecule is BrCc1ccc(-c2ccc(-c3c4ccccc4c(-c4ccc(CBr)cc4)c4ccccc34)c3ccccc23)cc1.